The summed E-state index contributed by atoms with van der Waals surface area (Å²) < 4.78 is 0. The van der Waals surface area contributed by atoms with E-state index in [-0.39, 0.29) is 0 Å². The largest absolute Gasteiger partial charge is 0.387 e. The average molecular weight is 394 g/mol. The third-order valence-electron chi connectivity index (χ3n) is 5.47. The number of rotatable bonds is 6. The molecule has 0 aliphatic heterocycles. The first-order valence-corrected chi connectivity index (χ1v) is 10.5. The molecule has 0 bridgehead atoms. The number of hydrogen-bond acceptors (Lipinski definition) is 2. The number of benzene rings is 3. The van der Waals surface area contributed by atoms with Gasteiger partial charge in [0.25, 0.3) is 0 Å². The van der Waals surface area contributed by atoms with Crippen LogP contribution in [0.3, 0.4) is 0 Å². The van der Waals surface area contributed by atoms with Gasteiger partial charge < -0.3 is 5.73 Å². The summed E-state index contributed by atoms with van der Waals surface area (Å²) in [6, 6.07) is 27.8. The summed E-state index contributed by atoms with van der Waals surface area (Å²) in [5.74, 6) is 0.624. The molecule has 30 heavy (non-hydrogen) atoms. The number of para-hydroxylation sites is 1. The van der Waals surface area contributed by atoms with E-state index in [9.17, 15) is 0 Å². The molecule has 3 nitrogen and oxygen atoms in total. The van der Waals surface area contributed by atoms with Crippen molar-refractivity contribution in [2.45, 2.75) is 26.2 Å². The van der Waals surface area contributed by atoms with Gasteiger partial charge >= 0.3 is 0 Å². The van der Waals surface area contributed by atoms with Crippen LogP contribution < -0.4 is 5.73 Å². The van der Waals surface area contributed by atoms with Gasteiger partial charge in [-0.05, 0) is 40.8 Å². The number of aryl methyl sites for hydroxylation is 1. The molecule has 0 fully saturated rings. The average Bonchev–Trinajstić information content (AvgIpc) is 2.80. The molecule has 3 aromatic carbocycles. The lowest BCUT2D eigenvalue weighted by atomic mass is 9.98. The van der Waals surface area contributed by atoms with E-state index < -0.39 is 0 Å². The van der Waals surface area contributed by atoms with Crippen LogP contribution >= 0.6 is 0 Å². The van der Waals surface area contributed by atoms with E-state index in [2.05, 4.69) is 72.6 Å². The molecular weight excluding hydrogens is 366 g/mol. The summed E-state index contributed by atoms with van der Waals surface area (Å²) in [5.41, 5.74) is 14.0. The van der Waals surface area contributed by atoms with Crippen molar-refractivity contribution in [2.24, 2.45) is 10.7 Å². The fourth-order valence-electron chi connectivity index (χ4n) is 3.80. The molecule has 0 radical (unpaired) electrons. The molecule has 0 unspecified atom stereocenters. The van der Waals surface area contributed by atoms with E-state index >= 15 is 0 Å². The number of aromatic nitrogens is 1. The number of hydrogen-bond donors (Lipinski definition) is 1. The maximum Gasteiger partial charge on any atom is 0.0978 e. The second-order valence-corrected chi connectivity index (χ2v) is 7.60. The van der Waals surface area contributed by atoms with Crippen molar-refractivity contribution < 1.29 is 0 Å². The van der Waals surface area contributed by atoms with Crippen LogP contribution in [-0.2, 0) is 12.8 Å². The van der Waals surface area contributed by atoms with Crippen molar-refractivity contribution in [3.05, 3.63) is 90.0 Å². The Morgan fingerprint density at radius 3 is 2.17 bits per heavy atom. The Hall–Kier alpha value is -3.46. The van der Waals surface area contributed by atoms with Gasteiger partial charge in [0.15, 0.2) is 0 Å². The molecular formula is C27H27N3. The maximum absolute atomic E-state index is 6.03. The number of amidine groups is 1. The SMILES string of the molecule is CCCc1ccc(-c2ccc(-c3cc(CC(N)=NC)c4ccccc4n3)cc2)cc1. The number of nitrogens with two attached hydrogens (primary N) is 1. The Balaban J connectivity index is 1.68. The first-order chi connectivity index (χ1) is 14.7. The quantitative estimate of drug-likeness (QED) is 0.320. The third kappa shape index (κ3) is 4.25. The van der Waals surface area contributed by atoms with Crippen LogP contribution in [0.1, 0.15) is 24.5 Å². The van der Waals surface area contributed by atoms with E-state index in [0.717, 1.165) is 34.1 Å². The van der Waals surface area contributed by atoms with E-state index in [0.29, 0.717) is 12.3 Å². The van der Waals surface area contributed by atoms with Gasteiger partial charge in [-0.2, -0.15) is 0 Å². The van der Waals surface area contributed by atoms with Crippen LogP contribution in [0.15, 0.2) is 83.9 Å². The summed E-state index contributed by atoms with van der Waals surface area (Å²) in [5, 5.41) is 1.12. The lowest BCUT2D eigenvalue weighted by Gasteiger charge is -2.11. The van der Waals surface area contributed by atoms with E-state index in [4.69, 9.17) is 10.7 Å². The Kier molecular flexibility index (Phi) is 5.89. The predicted octanol–water partition coefficient (Wildman–Crippen LogP) is 6.05. The molecule has 0 saturated carbocycles. The number of fused-ring (bicyclic) bond motifs is 1. The zero-order valence-corrected chi connectivity index (χ0v) is 17.6. The molecule has 2 N–H and O–H groups in total. The van der Waals surface area contributed by atoms with E-state index in [1.807, 2.05) is 18.2 Å². The molecule has 150 valence electrons. The predicted molar refractivity (Wildman–Crippen MR) is 128 cm³/mol. The molecule has 1 aromatic heterocycles. The van der Waals surface area contributed by atoms with E-state index in [1.54, 1.807) is 7.05 Å². The summed E-state index contributed by atoms with van der Waals surface area (Å²) >= 11 is 0. The lowest BCUT2D eigenvalue weighted by Crippen LogP contribution is -2.15. The van der Waals surface area contributed by atoms with Gasteiger partial charge in [0.05, 0.1) is 17.0 Å². The molecule has 4 rings (SSSR count). The summed E-state index contributed by atoms with van der Waals surface area (Å²) in [7, 11) is 1.73. The Morgan fingerprint density at radius 2 is 1.50 bits per heavy atom. The minimum absolute atomic E-state index is 0.620. The van der Waals surface area contributed by atoms with Gasteiger partial charge in [0.2, 0.25) is 0 Å². The Labute approximate surface area is 178 Å². The van der Waals surface area contributed by atoms with Crippen LogP contribution in [-0.4, -0.2) is 17.9 Å². The van der Waals surface area contributed by atoms with Crippen LogP contribution in [0.2, 0.25) is 0 Å². The second kappa shape index (κ2) is 8.91. The molecule has 0 aliphatic rings. The van der Waals surface area contributed by atoms with Crippen LogP contribution in [0.5, 0.6) is 0 Å². The molecule has 4 aromatic rings. The Bertz CT molecular complexity index is 1170. The van der Waals surface area contributed by atoms with Crippen molar-refractivity contribution in [1.29, 1.82) is 0 Å². The summed E-state index contributed by atoms with van der Waals surface area (Å²) in [6.45, 7) is 2.21. The first kappa shape index (κ1) is 19.8. The molecule has 3 heteroatoms. The standard InChI is InChI=1S/C27H27N3/c1-3-6-19-9-11-20(12-10-19)21-13-15-22(16-14-21)26-17-23(18-27(28)29-2)24-7-4-5-8-25(24)30-26/h4-5,7-17H,3,6,18H2,1-2H3,(H2,28,29). The van der Waals surface area contributed by atoms with Crippen LogP contribution in [0.25, 0.3) is 33.3 Å². The lowest BCUT2D eigenvalue weighted by molar-refractivity contribution is 0.922. The second-order valence-electron chi connectivity index (χ2n) is 7.60. The topological polar surface area (TPSA) is 51.3 Å². The summed E-state index contributed by atoms with van der Waals surface area (Å²) in [6.07, 6.45) is 2.92. The van der Waals surface area contributed by atoms with E-state index in [1.165, 1.54) is 23.1 Å². The zero-order chi connectivity index (χ0) is 20.9. The molecule has 0 aliphatic carbocycles. The monoisotopic (exact) mass is 393 g/mol. The van der Waals surface area contributed by atoms with Gasteiger partial charge in [0, 0.05) is 24.4 Å². The molecule has 1 heterocycles. The Morgan fingerprint density at radius 1 is 0.867 bits per heavy atom. The number of aliphatic imine (C=N–C) groups is 1. The molecule has 0 spiro atoms. The van der Waals surface area contributed by atoms with Crippen LogP contribution in [0.4, 0.5) is 0 Å². The normalized spacial score (nSPS) is 11.7. The fraction of sp³-hybridized carbons (Fsp3) is 0.185. The van der Waals surface area contributed by atoms with Gasteiger partial charge in [-0.15, -0.1) is 0 Å². The minimum Gasteiger partial charge on any atom is -0.387 e. The van der Waals surface area contributed by atoms with Gasteiger partial charge in [-0.25, -0.2) is 4.98 Å². The highest BCUT2D eigenvalue weighted by Crippen LogP contribution is 2.28. The third-order valence-corrected chi connectivity index (χ3v) is 5.47. The van der Waals surface area contributed by atoms with Gasteiger partial charge in [0.1, 0.15) is 0 Å². The van der Waals surface area contributed by atoms with Crippen molar-refractivity contribution in [3.63, 3.8) is 0 Å². The van der Waals surface area contributed by atoms with Crippen LogP contribution in [0, 0.1) is 0 Å². The smallest absolute Gasteiger partial charge is 0.0978 e. The first-order valence-electron chi connectivity index (χ1n) is 10.5. The minimum atomic E-state index is 0.620. The maximum atomic E-state index is 6.03. The highest BCUT2D eigenvalue weighted by molar-refractivity contribution is 5.91. The van der Waals surface area contributed by atoms with Crippen molar-refractivity contribution in [3.8, 4) is 22.4 Å². The highest BCUT2D eigenvalue weighted by atomic mass is 14.8. The number of pyridine rings is 1. The van der Waals surface area contributed by atoms with Crippen molar-refractivity contribution >= 4 is 16.7 Å². The fourth-order valence-corrected chi connectivity index (χ4v) is 3.80. The highest BCUT2D eigenvalue weighted by Gasteiger charge is 2.09. The molecule has 0 atom stereocenters. The van der Waals surface area contributed by atoms with Gasteiger partial charge in [-0.1, -0.05) is 80.1 Å². The van der Waals surface area contributed by atoms with Crippen molar-refractivity contribution in [1.82, 2.24) is 4.98 Å². The zero-order valence-electron chi connectivity index (χ0n) is 17.6. The van der Waals surface area contributed by atoms with Gasteiger partial charge in [-0.3, -0.25) is 4.99 Å². The molecule has 0 saturated heterocycles. The number of nitrogens with zero attached hydrogens (tertiary/aromatic N) is 2. The summed E-state index contributed by atoms with van der Waals surface area (Å²) in [4.78, 5) is 9.02. The van der Waals surface area contributed by atoms with Crippen molar-refractivity contribution in [2.75, 3.05) is 7.05 Å². The molecule has 0 amide bonds.